The van der Waals surface area contributed by atoms with E-state index >= 15 is 0 Å². The van der Waals surface area contributed by atoms with E-state index in [0.29, 0.717) is 5.75 Å². The Morgan fingerprint density at radius 3 is 1.60 bits per heavy atom. The highest BCUT2D eigenvalue weighted by molar-refractivity contribution is 5.54. The number of hydrogen-bond acceptors (Lipinski definition) is 1. The van der Waals surface area contributed by atoms with Gasteiger partial charge in [0.05, 0.1) is 0 Å². The van der Waals surface area contributed by atoms with Crippen molar-refractivity contribution in [2.75, 3.05) is 0 Å². The average Bonchev–Trinajstić information content (AvgIpc) is 2.67. The molecule has 158 valence electrons. The van der Waals surface area contributed by atoms with Gasteiger partial charge in [-0.15, -0.1) is 0 Å². The van der Waals surface area contributed by atoms with Gasteiger partial charge in [0.2, 0.25) is 0 Å². The van der Waals surface area contributed by atoms with Crippen molar-refractivity contribution in [2.24, 2.45) is 0 Å². The van der Waals surface area contributed by atoms with Crippen molar-refractivity contribution in [2.45, 2.75) is 71.6 Å². The summed E-state index contributed by atoms with van der Waals surface area (Å²) in [7, 11) is 0. The molecule has 0 aliphatic heterocycles. The zero-order valence-corrected chi connectivity index (χ0v) is 19.8. The molecule has 0 saturated carbocycles. The minimum Gasteiger partial charge on any atom is -0.508 e. The van der Waals surface area contributed by atoms with Gasteiger partial charge in [0.1, 0.15) is 5.75 Å². The Morgan fingerprint density at radius 1 is 0.567 bits per heavy atom. The molecule has 0 fully saturated rings. The summed E-state index contributed by atoms with van der Waals surface area (Å²) in [6.07, 6.45) is 0. The van der Waals surface area contributed by atoms with Crippen LogP contribution in [-0.2, 0) is 16.2 Å². The first-order chi connectivity index (χ1) is 13.8. The van der Waals surface area contributed by atoms with Crippen molar-refractivity contribution in [1.82, 2.24) is 0 Å². The van der Waals surface area contributed by atoms with Crippen LogP contribution in [0.2, 0.25) is 0 Å². The molecule has 1 unspecified atom stereocenters. The predicted molar refractivity (Wildman–Crippen MR) is 129 cm³/mol. The van der Waals surface area contributed by atoms with Gasteiger partial charge in [0, 0.05) is 5.41 Å². The lowest BCUT2D eigenvalue weighted by molar-refractivity contribution is 0.445. The third-order valence-corrected chi connectivity index (χ3v) is 6.36. The van der Waals surface area contributed by atoms with Crippen LogP contribution in [0.3, 0.4) is 0 Å². The molecule has 3 aromatic carbocycles. The van der Waals surface area contributed by atoms with Crippen LogP contribution in [0, 0.1) is 6.92 Å². The fourth-order valence-electron chi connectivity index (χ4n) is 4.46. The van der Waals surface area contributed by atoms with Crippen LogP contribution in [-0.4, -0.2) is 5.11 Å². The summed E-state index contributed by atoms with van der Waals surface area (Å²) >= 11 is 0. The number of phenolic OH excluding ortho intramolecular Hbond substituents is 1. The van der Waals surface area contributed by atoms with E-state index in [0.717, 1.165) is 5.56 Å². The molecule has 1 N–H and O–H groups in total. The van der Waals surface area contributed by atoms with Crippen LogP contribution in [0.1, 0.15) is 81.8 Å². The van der Waals surface area contributed by atoms with Crippen molar-refractivity contribution >= 4 is 0 Å². The first-order valence-electron chi connectivity index (χ1n) is 10.9. The lowest BCUT2D eigenvalue weighted by Gasteiger charge is -2.35. The van der Waals surface area contributed by atoms with Gasteiger partial charge in [-0.05, 0) is 64.1 Å². The second kappa shape index (κ2) is 7.61. The normalized spacial score (nSPS) is 14.4. The fourth-order valence-corrected chi connectivity index (χ4v) is 4.46. The fraction of sp³-hybridized carbons (Fsp3) is 0.379. The Labute approximate surface area is 182 Å². The van der Waals surface area contributed by atoms with Gasteiger partial charge in [-0.25, -0.2) is 0 Å². The zero-order valence-electron chi connectivity index (χ0n) is 19.8. The maximum atomic E-state index is 10.6. The first kappa shape index (κ1) is 22.2. The topological polar surface area (TPSA) is 20.2 Å². The number of phenols is 1. The molecule has 0 saturated heterocycles. The van der Waals surface area contributed by atoms with Crippen LogP contribution < -0.4 is 0 Å². The van der Waals surface area contributed by atoms with Gasteiger partial charge >= 0.3 is 0 Å². The van der Waals surface area contributed by atoms with Crippen LogP contribution in [0.4, 0.5) is 0 Å². The summed E-state index contributed by atoms with van der Waals surface area (Å²) in [5.74, 6) is 0.362. The maximum absolute atomic E-state index is 10.6. The van der Waals surface area contributed by atoms with Crippen molar-refractivity contribution in [1.29, 1.82) is 0 Å². The first-order valence-corrected chi connectivity index (χ1v) is 10.9. The van der Waals surface area contributed by atoms with E-state index in [9.17, 15) is 5.11 Å². The van der Waals surface area contributed by atoms with E-state index in [1.807, 2.05) is 6.07 Å². The van der Waals surface area contributed by atoms with E-state index in [1.54, 1.807) is 0 Å². The molecule has 0 aromatic heterocycles. The number of benzene rings is 3. The predicted octanol–water partition coefficient (Wildman–Crippen LogP) is 7.65. The van der Waals surface area contributed by atoms with Gasteiger partial charge in [-0.2, -0.15) is 0 Å². The minimum atomic E-state index is -0.331. The summed E-state index contributed by atoms with van der Waals surface area (Å²) in [6, 6.07) is 23.7. The summed E-state index contributed by atoms with van der Waals surface area (Å²) < 4.78 is 0. The Hall–Kier alpha value is -2.54. The number of aromatic hydroxyl groups is 1. The molecule has 1 atom stereocenters. The molecule has 0 bridgehead atoms. The quantitative estimate of drug-likeness (QED) is 0.448. The number of aryl methyl sites for hydroxylation is 1. The van der Waals surface area contributed by atoms with E-state index in [-0.39, 0.29) is 16.2 Å². The molecule has 30 heavy (non-hydrogen) atoms. The third-order valence-electron chi connectivity index (χ3n) is 6.36. The molecule has 1 nitrogen and oxygen atoms in total. The van der Waals surface area contributed by atoms with Gasteiger partial charge in [-0.3, -0.25) is 0 Å². The van der Waals surface area contributed by atoms with E-state index in [1.165, 1.54) is 27.8 Å². The minimum absolute atomic E-state index is 0.0726. The number of hydrogen-bond donors (Lipinski definition) is 1. The van der Waals surface area contributed by atoms with Crippen LogP contribution in [0.25, 0.3) is 0 Å². The summed E-state index contributed by atoms with van der Waals surface area (Å²) in [6.45, 7) is 17.8. The van der Waals surface area contributed by atoms with E-state index in [4.69, 9.17) is 0 Å². The summed E-state index contributed by atoms with van der Waals surface area (Å²) in [4.78, 5) is 0. The number of rotatable bonds is 3. The summed E-state index contributed by atoms with van der Waals surface area (Å²) in [5, 5.41) is 10.6. The Bertz CT molecular complexity index is 967. The smallest absolute Gasteiger partial charge is 0.119 e. The maximum Gasteiger partial charge on any atom is 0.119 e. The lowest BCUT2D eigenvalue weighted by atomic mass is 9.68. The van der Waals surface area contributed by atoms with Gasteiger partial charge in [0.25, 0.3) is 0 Å². The van der Waals surface area contributed by atoms with Crippen LogP contribution >= 0.6 is 0 Å². The summed E-state index contributed by atoms with van der Waals surface area (Å²) in [5.41, 5.74) is 6.99. The second-order valence-electron chi connectivity index (χ2n) is 10.8. The van der Waals surface area contributed by atoms with Gasteiger partial charge in [-0.1, -0.05) is 102 Å². The molecule has 0 aliphatic rings. The van der Waals surface area contributed by atoms with Crippen molar-refractivity contribution in [3.05, 3.63) is 100 Å². The highest BCUT2D eigenvalue weighted by Gasteiger charge is 2.34. The van der Waals surface area contributed by atoms with E-state index < -0.39 is 0 Å². The van der Waals surface area contributed by atoms with Gasteiger partial charge < -0.3 is 5.11 Å². The van der Waals surface area contributed by atoms with Crippen molar-refractivity contribution in [3.63, 3.8) is 0 Å². The van der Waals surface area contributed by atoms with Crippen LogP contribution in [0.15, 0.2) is 66.7 Å². The SMILES string of the molecule is Cc1ccc(C(C)(c2ccccc2)c2ccc(O)c(C(C)(C)C)c2)cc1C(C)(C)C. The van der Waals surface area contributed by atoms with Gasteiger partial charge in [0.15, 0.2) is 0 Å². The van der Waals surface area contributed by atoms with E-state index in [2.05, 4.69) is 116 Å². The third kappa shape index (κ3) is 4.03. The molecular formula is C29H36O. The molecule has 0 heterocycles. The van der Waals surface area contributed by atoms with Crippen molar-refractivity contribution < 1.29 is 5.11 Å². The highest BCUT2D eigenvalue weighted by Crippen LogP contribution is 2.43. The Morgan fingerprint density at radius 2 is 1.07 bits per heavy atom. The molecular weight excluding hydrogens is 364 g/mol. The van der Waals surface area contributed by atoms with Crippen molar-refractivity contribution in [3.8, 4) is 5.75 Å². The second-order valence-corrected chi connectivity index (χ2v) is 10.8. The molecule has 0 radical (unpaired) electrons. The Kier molecular flexibility index (Phi) is 5.62. The largest absolute Gasteiger partial charge is 0.508 e. The average molecular weight is 401 g/mol. The molecule has 0 aliphatic carbocycles. The monoisotopic (exact) mass is 400 g/mol. The zero-order chi connectivity index (χ0) is 22.3. The highest BCUT2D eigenvalue weighted by atomic mass is 16.3. The molecule has 3 aromatic rings. The molecule has 1 heteroatoms. The lowest BCUT2D eigenvalue weighted by Crippen LogP contribution is -2.27. The standard InChI is InChI=1S/C29H36O/c1-20-14-15-22(18-24(20)27(2,3)4)29(8,21-12-10-9-11-13-21)23-16-17-26(30)25(19-23)28(5,6)7/h9-19,30H,1-8H3. The van der Waals surface area contributed by atoms with Crippen LogP contribution in [0.5, 0.6) is 5.75 Å². The molecule has 0 amide bonds. The Balaban J connectivity index is 2.34. The molecule has 3 rings (SSSR count). The molecule has 0 spiro atoms.